The second-order valence-corrected chi connectivity index (χ2v) is 9.79. The highest BCUT2D eigenvalue weighted by molar-refractivity contribution is 5.90. The van der Waals surface area contributed by atoms with Gasteiger partial charge in [0.15, 0.2) is 41.0 Å². The normalized spacial score (nSPS) is 30.5. The van der Waals surface area contributed by atoms with Crippen LogP contribution in [-0.4, -0.2) is 132 Å². The van der Waals surface area contributed by atoms with E-state index in [1.807, 2.05) is 0 Å². The van der Waals surface area contributed by atoms with Crippen LogP contribution >= 0.6 is 0 Å². The molecule has 238 valence electrons. The summed E-state index contributed by atoms with van der Waals surface area (Å²) < 4.78 is 42.9. The van der Waals surface area contributed by atoms with E-state index < -0.39 is 74.5 Å². The van der Waals surface area contributed by atoms with Gasteiger partial charge in [-0.05, 0) is 18.2 Å². The van der Waals surface area contributed by atoms with E-state index in [2.05, 4.69) is 0 Å². The molecule has 0 radical (unpaired) electrons. The smallest absolute Gasteiger partial charge is 0.338 e. The number of hydrogen-bond acceptors (Lipinski definition) is 16. The molecule has 2 aliphatic rings. The monoisotopic (exact) mass is 614 g/mol. The first kappa shape index (κ1) is 32.3. The van der Waals surface area contributed by atoms with Crippen LogP contribution in [0.4, 0.5) is 0 Å². The molecule has 16 heteroatoms. The van der Waals surface area contributed by atoms with Gasteiger partial charge in [0.05, 0.1) is 40.1 Å². The number of benzene rings is 2. The summed E-state index contributed by atoms with van der Waals surface area (Å²) in [6.45, 7) is -2.00. The molecule has 2 fully saturated rings. The molecule has 2 aromatic carbocycles. The summed E-state index contributed by atoms with van der Waals surface area (Å²) in [6, 6.07) is 6.27. The average molecular weight is 615 g/mol. The van der Waals surface area contributed by atoms with Crippen molar-refractivity contribution in [3.05, 3.63) is 35.9 Å². The van der Waals surface area contributed by atoms with Gasteiger partial charge >= 0.3 is 5.97 Å². The Morgan fingerprint density at radius 2 is 1.60 bits per heavy atom. The zero-order chi connectivity index (χ0) is 31.5. The molecule has 2 heterocycles. The van der Waals surface area contributed by atoms with Crippen LogP contribution in [0, 0.1) is 0 Å². The number of methoxy groups -OCH3 is 3. The minimum Gasteiger partial charge on any atom is -0.504 e. The van der Waals surface area contributed by atoms with Crippen molar-refractivity contribution in [1.29, 1.82) is 0 Å². The second-order valence-electron chi connectivity index (χ2n) is 9.79. The van der Waals surface area contributed by atoms with E-state index in [-0.39, 0.29) is 40.1 Å². The van der Waals surface area contributed by atoms with E-state index in [1.54, 1.807) is 0 Å². The highest BCUT2D eigenvalue weighted by Gasteiger charge is 2.54. The van der Waals surface area contributed by atoms with E-state index in [0.29, 0.717) is 0 Å². The molecule has 0 spiro atoms. The predicted molar refractivity (Wildman–Crippen MR) is 140 cm³/mol. The van der Waals surface area contributed by atoms with Gasteiger partial charge in [-0.3, -0.25) is 0 Å². The lowest BCUT2D eigenvalue weighted by molar-refractivity contribution is -0.318. The maximum atomic E-state index is 12.5. The van der Waals surface area contributed by atoms with Crippen LogP contribution in [0.5, 0.6) is 34.5 Å². The van der Waals surface area contributed by atoms with Crippen LogP contribution in [0.3, 0.4) is 0 Å². The summed E-state index contributed by atoms with van der Waals surface area (Å²) in [7, 11) is 3.88. The highest BCUT2D eigenvalue weighted by atomic mass is 16.8. The standard InChI is InChI=1S/C27H34O16/c1-36-15-6-12(4-5-14(15)29)24(34)39-10-27(35)11-40-26(23(27)33)43-22-21(32)20(31)18(9-28)42-25(22)41-13-7-16(37-2)19(30)17(8-13)38-3/h4-8,18,20-23,25-26,28-33,35H,9-11H2,1-3H3/t18-,20-,21+,22-,23+,25-,26+,27-/m1/s1. The van der Waals surface area contributed by atoms with Gasteiger partial charge in [0.1, 0.15) is 36.8 Å². The molecule has 2 aliphatic heterocycles. The molecule has 0 aromatic heterocycles. The summed E-state index contributed by atoms with van der Waals surface area (Å²) in [6.07, 6.45) is -11.3. The Morgan fingerprint density at radius 1 is 0.953 bits per heavy atom. The highest BCUT2D eigenvalue weighted by Crippen LogP contribution is 2.41. The summed E-state index contributed by atoms with van der Waals surface area (Å²) in [5.74, 6) is -1.44. The van der Waals surface area contributed by atoms with Crippen molar-refractivity contribution in [2.45, 2.75) is 48.7 Å². The third-order valence-corrected chi connectivity index (χ3v) is 7.00. The molecular formula is C27H34O16. The van der Waals surface area contributed by atoms with E-state index in [9.17, 15) is 40.5 Å². The molecule has 43 heavy (non-hydrogen) atoms. The number of esters is 1. The molecule has 0 unspecified atom stereocenters. The number of aliphatic hydroxyl groups is 5. The Morgan fingerprint density at radius 3 is 2.21 bits per heavy atom. The van der Waals surface area contributed by atoms with Crippen molar-refractivity contribution in [3.8, 4) is 34.5 Å². The first-order valence-corrected chi connectivity index (χ1v) is 12.9. The first-order valence-electron chi connectivity index (χ1n) is 12.9. The second kappa shape index (κ2) is 13.4. The fourth-order valence-corrected chi connectivity index (χ4v) is 4.50. The Balaban J connectivity index is 1.48. The van der Waals surface area contributed by atoms with Crippen molar-refractivity contribution in [3.63, 3.8) is 0 Å². The average Bonchev–Trinajstić information content (AvgIpc) is 3.29. The molecule has 8 atom stereocenters. The molecular weight excluding hydrogens is 580 g/mol. The number of phenols is 2. The van der Waals surface area contributed by atoms with Gasteiger partial charge in [-0.15, -0.1) is 0 Å². The molecule has 0 bridgehead atoms. The van der Waals surface area contributed by atoms with Crippen LogP contribution in [0.25, 0.3) is 0 Å². The van der Waals surface area contributed by atoms with Gasteiger partial charge in [-0.2, -0.15) is 0 Å². The fourth-order valence-electron chi connectivity index (χ4n) is 4.50. The lowest BCUT2D eigenvalue weighted by Gasteiger charge is -2.42. The number of hydrogen-bond donors (Lipinski definition) is 7. The van der Waals surface area contributed by atoms with Crippen LogP contribution in [-0.2, 0) is 18.9 Å². The minimum atomic E-state index is -2.15. The number of carbonyl (C=O) groups excluding carboxylic acids is 1. The van der Waals surface area contributed by atoms with Crippen LogP contribution in [0.1, 0.15) is 10.4 Å². The zero-order valence-corrected chi connectivity index (χ0v) is 23.4. The molecule has 2 aromatic rings. The number of aliphatic hydroxyl groups excluding tert-OH is 4. The van der Waals surface area contributed by atoms with Crippen molar-refractivity contribution >= 4 is 5.97 Å². The zero-order valence-electron chi connectivity index (χ0n) is 23.4. The van der Waals surface area contributed by atoms with Crippen molar-refractivity contribution in [1.82, 2.24) is 0 Å². The number of rotatable bonds is 11. The number of phenolic OH excluding ortho intramolecular Hbond substituents is 2. The largest absolute Gasteiger partial charge is 0.504 e. The minimum absolute atomic E-state index is 0.00293. The number of ether oxygens (including phenoxy) is 8. The Bertz CT molecular complexity index is 1250. The van der Waals surface area contributed by atoms with E-state index in [0.717, 1.165) is 0 Å². The molecule has 0 saturated carbocycles. The van der Waals surface area contributed by atoms with E-state index >= 15 is 0 Å². The fraction of sp³-hybridized carbons (Fsp3) is 0.519. The maximum absolute atomic E-state index is 12.5. The third-order valence-electron chi connectivity index (χ3n) is 7.00. The van der Waals surface area contributed by atoms with Crippen LogP contribution in [0.15, 0.2) is 30.3 Å². The lowest BCUT2D eigenvalue weighted by atomic mass is 9.98. The van der Waals surface area contributed by atoms with Crippen molar-refractivity contribution in [2.24, 2.45) is 0 Å². The molecule has 0 amide bonds. The van der Waals surface area contributed by atoms with Gasteiger partial charge in [-0.1, -0.05) is 0 Å². The predicted octanol–water partition coefficient (Wildman–Crippen LogP) is -1.37. The van der Waals surface area contributed by atoms with Gasteiger partial charge in [-0.25, -0.2) is 4.79 Å². The quantitative estimate of drug-likeness (QED) is 0.145. The van der Waals surface area contributed by atoms with Gasteiger partial charge in [0.25, 0.3) is 0 Å². The first-order chi connectivity index (χ1) is 20.5. The van der Waals surface area contributed by atoms with Crippen LogP contribution in [0.2, 0.25) is 0 Å². The SMILES string of the molecule is COc1cc(C(=O)OC[C@@]2(O)CO[C@@H](O[C@H]3[C@H](Oc4cc(OC)c(O)c(OC)c4)O[C@H](CO)[C@@H](O)[C@@H]3O)[C@@H]2O)ccc1O. The summed E-state index contributed by atoms with van der Waals surface area (Å²) in [5, 5.41) is 72.7. The summed E-state index contributed by atoms with van der Waals surface area (Å²) in [4.78, 5) is 12.5. The maximum Gasteiger partial charge on any atom is 0.338 e. The lowest BCUT2D eigenvalue weighted by Crippen LogP contribution is -2.62. The van der Waals surface area contributed by atoms with E-state index in [4.69, 9.17) is 37.9 Å². The summed E-state index contributed by atoms with van der Waals surface area (Å²) in [5.41, 5.74) is -2.15. The molecule has 2 saturated heterocycles. The molecule has 7 N–H and O–H groups in total. The van der Waals surface area contributed by atoms with Gasteiger partial charge < -0.3 is 73.6 Å². The van der Waals surface area contributed by atoms with Crippen molar-refractivity contribution in [2.75, 3.05) is 41.2 Å². The topological polar surface area (TPSA) is 233 Å². The third kappa shape index (κ3) is 6.66. The Kier molecular flexibility index (Phi) is 10.0. The Hall–Kier alpha value is -3.61. The molecule has 0 aliphatic carbocycles. The Labute approximate surface area is 245 Å². The van der Waals surface area contributed by atoms with Crippen LogP contribution < -0.4 is 18.9 Å². The molecule has 16 nitrogen and oxygen atoms in total. The number of carbonyl (C=O) groups is 1. The van der Waals surface area contributed by atoms with Crippen molar-refractivity contribution < 1.29 is 78.4 Å². The van der Waals surface area contributed by atoms with Gasteiger partial charge in [0, 0.05) is 12.1 Å². The molecule has 4 rings (SSSR count). The van der Waals surface area contributed by atoms with E-state index in [1.165, 1.54) is 51.7 Å². The summed E-state index contributed by atoms with van der Waals surface area (Å²) >= 11 is 0. The van der Waals surface area contributed by atoms with Gasteiger partial charge in [0.2, 0.25) is 12.0 Å². The number of aromatic hydroxyl groups is 2.